The third-order valence-electron chi connectivity index (χ3n) is 2.15. The summed E-state index contributed by atoms with van der Waals surface area (Å²) >= 11 is 1.65. The maximum Gasteiger partial charge on any atom is 0.0794 e. The fourth-order valence-corrected chi connectivity index (χ4v) is 1.69. The molecule has 0 aliphatic rings. The molecule has 0 fully saturated rings. The zero-order valence-corrected chi connectivity index (χ0v) is 9.27. The largest absolute Gasteiger partial charge is 0.393 e. The van der Waals surface area contributed by atoms with Gasteiger partial charge in [0.05, 0.1) is 11.6 Å². The minimum Gasteiger partial charge on any atom is -0.393 e. The van der Waals surface area contributed by atoms with E-state index in [4.69, 9.17) is 0 Å². The van der Waals surface area contributed by atoms with Crippen molar-refractivity contribution in [1.82, 2.24) is 4.98 Å². The molecule has 0 saturated carbocycles. The van der Waals surface area contributed by atoms with Gasteiger partial charge in [-0.15, -0.1) is 11.3 Å². The Kier molecular flexibility index (Phi) is 3.45. The summed E-state index contributed by atoms with van der Waals surface area (Å²) in [6.07, 6.45) is 3.41. The smallest absolute Gasteiger partial charge is 0.0794 e. The van der Waals surface area contributed by atoms with Crippen LogP contribution in [0.4, 0.5) is 0 Å². The number of thiazole rings is 1. The van der Waals surface area contributed by atoms with Crippen LogP contribution >= 0.6 is 11.3 Å². The molecule has 0 spiro atoms. The Morgan fingerprint density at radius 2 is 2.23 bits per heavy atom. The summed E-state index contributed by atoms with van der Waals surface area (Å²) in [6.45, 7) is 6.18. The number of hydrogen-bond donors (Lipinski definition) is 1. The average molecular weight is 199 g/mol. The van der Waals surface area contributed by atoms with Crippen molar-refractivity contribution in [3.63, 3.8) is 0 Å². The fourth-order valence-electron chi connectivity index (χ4n) is 1.08. The van der Waals surface area contributed by atoms with E-state index in [1.165, 1.54) is 4.88 Å². The summed E-state index contributed by atoms with van der Waals surface area (Å²) in [5.74, 6) is 0. The quantitative estimate of drug-likeness (QED) is 0.811. The van der Waals surface area contributed by atoms with Gasteiger partial charge in [-0.3, -0.25) is 4.98 Å². The predicted molar refractivity (Wildman–Crippen MR) is 55.9 cm³/mol. The van der Waals surface area contributed by atoms with Crippen LogP contribution in [0.2, 0.25) is 0 Å². The van der Waals surface area contributed by atoms with Crippen LogP contribution in [0.1, 0.15) is 32.1 Å². The first-order valence-corrected chi connectivity index (χ1v) is 5.43. The first kappa shape index (κ1) is 10.7. The second-order valence-corrected chi connectivity index (χ2v) is 5.36. The minimum atomic E-state index is -0.227. The topological polar surface area (TPSA) is 33.1 Å². The Labute approximate surface area is 83.6 Å². The average Bonchev–Trinajstić information content (AvgIpc) is 2.50. The number of rotatable bonds is 3. The molecule has 1 unspecified atom stereocenters. The number of aryl methyl sites for hydroxylation is 1. The Balaban J connectivity index is 2.35. The molecule has 0 amide bonds. The Morgan fingerprint density at radius 1 is 1.54 bits per heavy atom. The monoisotopic (exact) mass is 199 g/mol. The van der Waals surface area contributed by atoms with Gasteiger partial charge in [0.15, 0.2) is 0 Å². The summed E-state index contributed by atoms with van der Waals surface area (Å²) in [4.78, 5) is 5.25. The van der Waals surface area contributed by atoms with E-state index in [1.807, 2.05) is 11.7 Å². The van der Waals surface area contributed by atoms with Gasteiger partial charge in [-0.05, 0) is 18.3 Å². The standard InChI is InChI=1S/C10H17NOS/c1-10(2,3)9(12)5-4-8-6-11-7-13-8/h6-7,9,12H,4-5H2,1-3H3. The minimum absolute atomic E-state index is 0.00924. The molecule has 0 aliphatic carbocycles. The van der Waals surface area contributed by atoms with Crippen LogP contribution in [0.25, 0.3) is 0 Å². The first-order chi connectivity index (χ1) is 6.00. The third kappa shape index (κ3) is 3.44. The van der Waals surface area contributed by atoms with Gasteiger partial charge in [0.2, 0.25) is 0 Å². The van der Waals surface area contributed by atoms with E-state index in [1.54, 1.807) is 11.3 Å². The maximum absolute atomic E-state index is 9.77. The summed E-state index contributed by atoms with van der Waals surface area (Å²) in [5.41, 5.74) is 1.82. The van der Waals surface area contributed by atoms with Gasteiger partial charge in [-0.1, -0.05) is 20.8 Å². The van der Waals surface area contributed by atoms with Crippen LogP contribution in [-0.4, -0.2) is 16.2 Å². The highest BCUT2D eigenvalue weighted by atomic mass is 32.1. The van der Waals surface area contributed by atoms with Crippen LogP contribution < -0.4 is 0 Å². The molecule has 0 aromatic carbocycles. The number of hydrogen-bond acceptors (Lipinski definition) is 3. The second-order valence-electron chi connectivity index (χ2n) is 4.39. The lowest BCUT2D eigenvalue weighted by Crippen LogP contribution is -2.26. The zero-order valence-electron chi connectivity index (χ0n) is 8.45. The van der Waals surface area contributed by atoms with Crippen molar-refractivity contribution >= 4 is 11.3 Å². The lowest BCUT2D eigenvalue weighted by molar-refractivity contribution is 0.0561. The van der Waals surface area contributed by atoms with Crippen LogP contribution in [-0.2, 0) is 6.42 Å². The molecule has 1 atom stereocenters. The molecular formula is C10H17NOS. The van der Waals surface area contributed by atoms with E-state index in [-0.39, 0.29) is 11.5 Å². The molecule has 1 N–H and O–H groups in total. The maximum atomic E-state index is 9.77. The summed E-state index contributed by atoms with van der Waals surface area (Å²) in [5, 5.41) is 9.77. The lowest BCUT2D eigenvalue weighted by Gasteiger charge is -2.25. The molecule has 0 radical (unpaired) electrons. The fraction of sp³-hybridized carbons (Fsp3) is 0.700. The molecule has 0 saturated heterocycles. The van der Waals surface area contributed by atoms with E-state index >= 15 is 0 Å². The molecule has 0 bridgehead atoms. The first-order valence-electron chi connectivity index (χ1n) is 4.55. The summed E-state index contributed by atoms with van der Waals surface area (Å²) in [6, 6.07) is 0. The van der Waals surface area contributed by atoms with Gasteiger partial charge in [0, 0.05) is 11.1 Å². The molecule has 2 nitrogen and oxygen atoms in total. The van der Waals surface area contributed by atoms with Crippen molar-refractivity contribution in [3.8, 4) is 0 Å². The van der Waals surface area contributed by atoms with E-state index in [0.29, 0.717) is 0 Å². The number of aliphatic hydroxyl groups is 1. The van der Waals surface area contributed by atoms with Gasteiger partial charge in [0.25, 0.3) is 0 Å². The SMILES string of the molecule is CC(C)(C)C(O)CCc1cncs1. The Morgan fingerprint density at radius 3 is 2.69 bits per heavy atom. The molecule has 0 aliphatic heterocycles. The Hall–Kier alpha value is -0.410. The summed E-state index contributed by atoms with van der Waals surface area (Å²) < 4.78 is 0. The predicted octanol–water partition coefficient (Wildman–Crippen LogP) is 2.48. The number of nitrogens with zero attached hydrogens (tertiary/aromatic N) is 1. The van der Waals surface area contributed by atoms with E-state index in [9.17, 15) is 5.11 Å². The molecule has 1 rings (SSSR count). The van der Waals surface area contributed by atoms with Crippen molar-refractivity contribution < 1.29 is 5.11 Å². The van der Waals surface area contributed by atoms with Crippen LogP contribution in [0, 0.1) is 5.41 Å². The Bertz CT molecular complexity index is 238. The van der Waals surface area contributed by atoms with Gasteiger partial charge in [-0.2, -0.15) is 0 Å². The molecule has 1 aromatic heterocycles. The van der Waals surface area contributed by atoms with E-state index in [2.05, 4.69) is 25.8 Å². The number of aliphatic hydroxyl groups excluding tert-OH is 1. The normalized spacial score (nSPS) is 14.5. The highest BCUT2D eigenvalue weighted by Gasteiger charge is 2.21. The van der Waals surface area contributed by atoms with Gasteiger partial charge in [-0.25, -0.2) is 0 Å². The molecule has 1 aromatic rings. The third-order valence-corrected chi connectivity index (χ3v) is 2.99. The van der Waals surface area contributed by atoms with Crippen LogP contribution in [0.3, 0.4) is 0 Å². The van der Waals surface area contributed by atoms with Crippen molar-refractivity contribution in [2.75, 3.05) is 0 Å². The molecule has 13 heavy (non-hydrogen) atoms. The second kappa shape index (κ2) is 4.20. The molecular weight excluding hydrogens is 182 g/mol. The molecule has 3 heteroatoms. The van der Waals surface area contributed by atoms with Crippen LogP contribution in [0.15, 0.2) is 11.7 Å². The van der Waals surface area contributed by atoms with Crippen molar-refractivity contribution in [1.29, 1.82) is 0 Å². The van der Waals surface area contributed by atoms with Crippen LogP contribution in [0.5, 0.6) is 0 Å². The molecule has 74 valence electrons. The lowest BCUT2D eigenvalue weighted by atomic mass is 9.86. The van der Waals surface area contributed by atoms with Gasteiger partial charge < -0.3 is 5.11 Å². The van der Waals surface area contributed by atoms with Crippen molar-refractivity contribution in [2.24, 2.45) is 5.41 Å². The number of aromatic nitrogens is 1. The highest BCUT2D eigenvalue weighted by Crippen LogP contribution is 2.23. The van der Waals surface area contributed by atoms with Crippen molar-refractivity contribution in [3.05, 3.63) is 16.6 Å². The summed E-state index contributed by atoms with van der Waals surface area (Å²) in [7, 11) is 0. The van der Waals surface area contributed by atoms with E-state index < -0.39 is 0 Å². The van der Waals surface area contributed by atoms with E-state index in [0.717, 1.165) is 12.8 Å². The van der Waals surface area contributed by atoms with Gasteiger partial charge >= 0.3 is 0 Å². The highest BCUT2D eigenvalue weighted by molar-refractivity contribution is 7.09. The molecule has 1 heterocycles. The van der Waals surface area contributed by atoms with Gasteiger partial charge in [0.1, 0.15) is 0 Å². The van der Waals surface area contributed by atoms with Crippen molar-refractivity contribution in [2.45, 2.75) is 39.7 Å². The zero-order chi connectivity index (χ0) is 9.90.